The van der Waals surface area contributed by atoms with Crippen LogP contribution in [0.1, 0.15) is 24.0 Å². The summed E-state index contributed by atoms with van der Waals surface area (Å²) in [6.45, 7) is 2.23. The summed E-state index contributed by atoms with van der Waals surface area (Å²) in [5.74, 6) is -0.822. The highest BCUT2D eigenvalue weighted by Gasteiger charge is 2.51. The maximum absolute atomic E-state index is 12.9. The molecule has 138 valence electrons. The number of nitrogens with two attached hydrogens (primary N) is 1. The van der Waals surface area contributed by atoms with Gasteiger partial charge in [-0.05, 0) is 31.2 Å². The van der Waals surface area contributed by atoms with E-state index in [-0.39, 0.29) is 6.42 Å². The van der Waals surface area contributed by atoms with Crippen LogP contribution >= 0.6 is 15.9 Å². The summed E-state index contributed by atoms with van der Waals surface area (Å²) in [6, 6.07) is 6.54. The Labute approximate surface area is 157 Å². The predicted octanol–water partition coefficient (Wildman–Crippen LogP) is 3.23. The van der Waals surface area contributed by atoms with Gasteiger partial charge < -0.3 is 16.0 Å². The quantitative estimate of drug-likeness (QED) is 0.770. The molecule has 1 unspecified atom stereocenters. The summed E-state index contributed by atoms with van der Waals surface area (Å²) in [5.41, 5.74) is 5.50. The van der Waals surface area contributed by atoms with Crippen LogP contribution in [0.4, 0.5) is 13.2 Å². The molecule has 1 saturated heterocycles. The van der Waals surface area contributed by atoms with Crippen molar-refractivity contribution in [2.45, 2.75) is 24.6 Å². The zero-order valence-electron chi connectivity index (χ0n) is 13.6. The third-order valence-electron chi connectivity index (χ3n) is 4.21. The van der Waals surface area contributed by atoms with Gasteiger partial charge in [0.05, 0.1) is 11.6 Å². The summed E-state index contributed by atoms with van der Waals surface area (Å²) >= 11 is 3.33. The molecule has 0 radical (unpaired) electrons. The number of allylic oxidation sites excluding steroid dienone is 1. The molecular weight excluding hydrogens is 413 g/mol. The van der Waals surface area contributed by atoms with Crippen molar-refractivity contribution in [3.63, 3.8) is 0 Å². The lowest BCUT2D eigenvalue weighted by molar-refractivity contribution is -0.144. The molecule has 1 fully saturated rings. The highest BCUT2D eigenvalue weighted by atomic mass is 79.9. The zero-order chi connectivity index (χ0) is 19.5. The molecule has 0 aromatic heterocycles. The molecule has 9 heteroatoms. The van der Waals surface area contributed by atoms with Gasteiger partial charge in [-0.25, -0.2) is 0 Å². The normalized spacial score (nSPS) is 21.5. The molecule has 1 amide bonds. The third-order valence-corrected chi connectivity index (χ3v) is 4.86. The summed E-state index contributed by atoms with van der Waals surface area (Å²) in [5, 5.41) is 11.0. The molecular formula is C17H16BrF3N4O. The smallest absolute Gasteiger partial charge is 0.403 e. The number of rotatable bonds is 4. The van der Waals surface area contributed by atoms with E-state index in [9.17, 15) is 18.0 Å². The predicted molar refractivity (Wildman–Crippen MR) is 93.1 cm³/mol. The number of carbonyl (C=O) groups is 1. The molecule has 26 heavy (non-hydrogen) atoms. The SMILES string of the molecule is C=CN1/C(=C\N)CCC1(C(=O)NCC(F)(F)F)c1ccc(C#N)cc1Br. The van der Waals surface area contributed by atoms with Gasteiger partial charge in [-0.3, -0.25) is 4.79 Å². The second-order valence-electron chi connectivity index (χ2n) is 5.68. The van der Waals surface area contributed by atoms with E-state index in [1.807, 2.05) is 11.4 Å². The van der Waals surface area contributed by atoms with Crippen molar-refractivity contribution in [2.24, 2.45) is 5.73 Å². The second kappa shape index (κ2) is 7.41. The van der Waals surface area contributed by atoms with Gasteiger partial charge in [0, 0.05) is 21.9 Å². The Hall–Kier alpha value is -2.47. The Morgan fingerprint density at radius 1 is 1.54 bits per heavy atom. The molecule has 0 spiro atoms. The fourth-order valence-electron chi connectivity index (χ4n) is 3.09. The van der Waals surface area contributed by atoms with Crippen LogP contribution in [0.3, 0.4) is 0 Å². The van der Waals surface area contributed by atoms with Crippen LogP contribution in [-0.2, 0) is 10.3 Å². The number of halogens is 4. The number of hydrogen-bond donors (Lipinski definition) is 2. The van der Waals surface area contributed by atoms with E-state index in [0.29, 0.717) is 27.7 Å². The fourth-order valence-corrected chi connectivity index (χ4v) is 3.79. The van der Waals surface area contributed by atoms with Gasteiger partial charge in [-0.2, -0.15) is 18.4 Å². The largest absolute Gasteiger partial charge is 0.405 e. The Bertz CT molecular complexity index is 800. The van der Waals surface area contributed by atoms with Gasteiger partial charge in [0.2, 0.25) is 0 Å². The van der Waals surface area contributed by atoms with Gasteiger partial charge >= 0.3 is 6.18 Å². The first-order chi connectivity index (χ1) is 12.2. The van der Waals surface area contributed by atoms with Crippen molar-refractivity contribution in [2.75, 3.05) is 6.54 Å². The summed E-state index contributed by atoms with van der Waals surface area (Å²) in [7, 11) is 0. The number of likely N-dealkylation sites (tertiary alicyclic amines) is 1. The molecule has 0 aliphatic carbocycles. The molecule has 0 bridgehead atoms. The highest BCUT2D eigenvalue weighted by Crippen LogP contribution is 2.47. The number of benzene rings is 1. The summed E-state index contributed by atoms with van der Waals surface area (Å²) < 4.78 is 38.2. The average Bonchev–Trinajstić information content (AvgIpc) is 2.98. The van der Waals surface area contributed by atoms with E-state index in [4.69, 9.17) is 11.0 Å². The lowest BCUT2D eigenvalue weighted by atomic mass is 9.85. The lowest BCUT2D eigenvalue weighted by Gasteiger charge is -2.37. The first kappa shape index (κ1) is 19.8. The van der Waals surface area contributed by atoms with Crippen molar-refractivity contribution >= 4 is 21.8 Å². The Morgan fingerprint density at radius 3 is 2.73 bits per heavy atom. The van der Waals surface area contributed by atoms with Crippen molar-refractivity contribution in [3.8, 4) is 6.07 Å². The minimum absolute atomic E-state index is 0.205. The minimum atomic E-state index is -4.54. The molecule has 1 aromatic rings. The van der Waals surface area contributed by atoms with E-state index < -0.39 is 24.2 Å². The van der Waals surface area contributed by atoms with Crippen LogP contribution in [0.25, 0.3) is 0 Å². The van der Waals surface area contributed by atoms with Crippen molar-refractivity contribution in [3.05, 3.63) is 58.5 Å². The van der Waals surface area contributed by atoms with E-state index in [2.05, 4.69) is 22.5 Å². The molecule has 3 N–H and O–H groups in total. The number of nitriles is 1. The molecule has 5 nitrogen and oxygen atoms in total. The van der Waals surface area contributed by atoms with Crippen molar-refractivity contribution in [1.29, 1.82) is 5.26 Å². The number of nitrogens with zero attached hydrogens (tertiary/aromatic N) is 2. The average molecular weight is 429 g/mol. The molecule has 0 saturated carbocycles. The van der Waals surface area contributed by atoms with Crippen LogP contribution < -0.4 is 11.1 Å². The number of alkyl halides is 3. The maximum Gasteiger partial charge on any atom is 0.405 e. The number of amides is 1. The summed E-state index contributed by atoms with van der Waals surface area (Å²) in [4.78, 5) is 14.4. The van der Waals surface area contributed by atoms with E-state index in [1.54, 1.807) is 6.07 Å². The number of carbonyl (C=O) groups excluding carboxylic acids is 1. The molecule has 1 aliphatic rings. The van der Waals surface area contributed by atoms with Crippen LogP contribution in [0, 0.1) is 11.3 Å². The first-order valence-electron chi connectivity index (χ1n) is 7.57. The van der Waals surface area contributed by atoms with Gasteiger partial charge in [0.15, 0.2) is 0 Å². The molecule has 1 aromatic carbocycles. The highest BCUT2D eigenvalue weighted by molar-refractivity contribution is 9.10. The van der Waals surface area contributed by atoms with Crippen LogP contribution in [0.2, 0.25) is 0 Å². The van der Waals surface area contributed by atoms with Crippen molar-refractivity contribution < 1.29 is 18.0 Å². The summed E-state index contributed by atoms with van der Waals surface area (Å²) in [6.07, 6.45) is -1.28. The van der Waals surface area contributed by atoms with Crippen molar-refractivity contribution in [1.82, 2.24) is 10.2 Å². The monoisotopic (exact) mass is 428 g/mol. The van der Waals surface area contributed by atoms with Gasteiger partial charge in [0.1, 0.15) is 12.1 Å². The third kappa shape index (κ3) is 3.55. The molecule has 1 aliphatic heterocycles. The maximum atomic E-state index is 12.9. The number of hydrogen-bond acceptors (Lipinski definition) is 4. The van der Waals surface area contributed by atoms with E-state index in [1.165, 1.54) is 29.4 Å². The Balaban J connectivity index is 2.59. The second-order valence-corrected chi connectivity index (χ2v) is 6.53. The van der Waals surface area contributed by atoms with Crippen LogP contribution in [0.15, 0.2) is 47.3 Å². The lowest BCUT2D eigenvalue weighted by Crippen LogP contribution is -2.52. The molecule has 1 atom stereocenters. The number of nitrogens with one attached hydrogen (secondary N) is 1. The Kier molecular flexibility index (Phi) is 5.66. The standard InChI is InChI=1S/C17H16BrF3N4O/c1-2-25-12(9-23)5-6-16(25,15(26)24-10-17(19,20)21)13-4-3-11(8-22)7-14(13)18/h2-4,7,9H,1,5-6,10,23H2,(H,24,26)/b12-9-. The first-order valence-corrected chi connectivity index (χ1v) is 8.36. The Morgan fingerprint density at radius 2 is 2.23 bits per heavy atom. The van der Waals surface area contributed by atoms with Gasteiger partial charge in [-0.1, -0.05) is 28.6 Å². The van der Waals surface area contributed by atoms with Gasteiger partial charge in [0.25, 0.3) is 5.91 Å². The van der Waals surface area contributed by atoms with Crippen LogP contribution in [0.5, 0.6) is 0 Å². The van der Waals surface area contributed by atoms with E-state index >= 15 is 0 Å². The van der Waals surface area contributed by atoms with E-state index in [0.717, 1.165) is 0 Å². The van der Waals surface area contributed by atoms with Gasteiger partial charge in [-0.15, -0.1) is 0 Å². The minimum Gasteiger partial charge on any atom is -0.403 e. The molecule has 1 heterocycles. The fraction of sp³-hybridized carbons (Fsp3) is 0.294. The van der Waals surface area contributed by atoms with Crippen LogP contribution in [-0.4, -0.2) is 23.5 Å². The molecule has 2 rings (SSSR count). The zero-order valence-corrected chi connectivity index (χ0v) is 15.2. The topological polar surface area (TPSA) is 82.2 Å².